The van der Waals surface area contributed by atoms with Gasteiger partial charge in [-0.1, -0.05) is 0 Å². The lowest BCUT2D eigenvalue weighted by Gasteiger charge is -2.41. The molecule has 2 fully saturated rings. The molecule has 0 aliphatic carbocycles. The molecule has 1 amide bonds. The van der Waals surface area contributed by atoms with Gasteiger partial charge in [0.25, 0.3) is 0 Å². The molecule has 0 aromatic carbocycles. The first-order chi connectivity index (χ1) is 9.97. The van der Waals surface area contributed by atoms with Crippen LogP contribution in [0.25, 0.3) is 0 Å². The van der Waals surface area contributed by atoms with Gasteiger partial charge in [-0.25, -0.2) is 0 Å². The summed E-state index contributed by atoms with van der Waals surface area (Å²) in [6, 6.07) is 0.668. The highest BCUT2D eigenvalue weighted by Gasteiger charge is 2.31. The van der Waals surface area contributed by atoms with Crippen LogP contribution in [0.2, 0.25) is 0 Å². The number of rotatable bonds is 4. The highest BCUT2D eigenvalue weighted by Crippen LogP contribution is 2.24. The Bertz CT molecular complexity index is 376. The standard InChI is InChI=1S/C16H28N2O3/c1-12-5-3-6-13(2)18(12)15(19)11-17-8-4-7-14(10-17)9-16(20)21/h12-14H,3-11H2,1-2H3,(H,20,21). The third-order valence-corrected chi connectivity index (χ3v) is 4.91. The number of hydrogen-bond donors (Lipinski definition) is 1. The Morgan fingerprint density at radius 3 is 2.38 bits per heavy atom. The number of carbonyl (C=O) groups excluding carboxylic acids is 1. The Morgan fingerprint density at radius 1 is 1.10 bits per heavy atom. The number of nitrogens with zero attached hydrogens (tertiary/aromatic N) is 2. The first-order valence-corrected chi connectivity index (χ1v) is 8.22. The molecular formula is C16H28N2O3. The molecule has 21 heavy (non-hydrogen) atoms. The van der Waals surface area contributed by atoms with E-state index < -0.39 is 5.97 Å². The monoisotopic (exact) mass is 296 g/mol. The molecule has 3 atom stereocenters. The molecular weight excluding hydrogens is 268 g/mol. The minimum absolute atomic E-state index is 0.195. The van der Waals surface area contributed by atoms with Crippen molar-refractivity contribution in [2.24, 2.45) is 5.92 Å². The second-order valence-corrected chi connectivity index (χ2v) is 6.77. The molecule has 2 saturated heterocycles. The quantitative estimate of drug-likeness (QED) is 0.861. The van der Waals surface area contributed by atoms with Gasteiger partial charge in [-0.05, 0) is 58.4 Å². The first-order valence-electron chi connectivity index (χ1n) is 8.22. The Morgan fingerprint density at radius 2 is 1.76 bits per heavy atom. The van der Waals surface area contributed by atoms with Crippen LogP contribution in [0, 0.1) is 5.92 Å². The zero-order valence-corrected chi connectivity index (χ0v) is 13.3. The summed E-state index contributed by atoms with van der Waals surface area (Å²) in [4.78, 5) is 27.6. The van der Waals surface area contributed by atoms with Gasteiger partial charge < -0.3 is 10.0 Å². The molecule has 2 aliphatic heterocycles. The average molecular weight is 296 g/mol. The van der Waals surface area contributed by atoms with E-state index in [1.807, 2.05) is 4.90 Å². The van der Waals surface area contributed by atoms with Crippen LogP contribution in [0.1, 0.15) is 52.4 Å². The van der Waals surface area contributed by atoms with Crippen LogP contribution >= 0.6 is 0 Å². The van der Waals surface area contributed by atoms with Gasteiger partial charge in [0.1, 0.15) is 0 Å². The van der Waals surface area contributed by atoms with E-state index in [-0.39, 0.29) is 18.2 Å². The minimum atomic E-state index is -0.730. The fourth-order valence-corrected chi connectivity index (χ4v) is 3.89. The van der Waals surface area contributed by atoms with E-state index in [0.717, 1.165) is 38.8 Å². The van der Waals surface area contributed by atoms with Gasteiger partial charge in [0, 0.05) is 25.0 Å². The molecule has 0 radical (unpaired) electrons. The zero-order chi connectivity index (χ0) is 15.4. The molecule has 0 bridgehead atoms. The Balaban J connectivity index is 1.88. The number of aliphatic carboxylic acids is 1. The summed E-state index contributed by atoms with van der Waals surface area (Å²) >= 11 is 0. The third-order valence-electron chi connectivity index (χ3n) is 4.91. The van der Waals surface area contributed by atoms with Gasteiger partial charge in [-0.3, -0.25) is 14.5 Å². The van der Waals surface area contributed by atoms with Crippen molar-refractivity contribution in [3.05, 3.63) is 0 Å². The predicted octanol–water partition coefficient (Wildman–Crippen LogP) is 1.96. The largest absolute Gasteiger partial charge is 0.481 e. The van der Waals surface area contributed by atoms with Gasteiger partial charge in [0.05, 0.1) is 6.54 Å². The maximum absolute atomic E-state index is 12.6. The molecule has 1 N–H and O–H groups in total. The number of carboxylic acid groups (broad SMARTS) is 1. The summed E-state index contributed by atoms with van der Waals surface area (Å²) in [5.74, 6) is -0.322. The lowest BCUT2D eigenvalue weighted by molar-refractivity contribution is -0.139. The fourth-order valence-electron chi connectivity index (χ4n) is 3.89. The van der Waals surface area contributed by atoms with Gasteiger partial charge in [0.2, 0.25) is 5.91 Å². The second kappa shape index (κ2) is 7.25. The van der Waals surface area contributed by atoms with Gasteiger partial charge in [0.15, 0.2) is 0 Å². The molecule has 120 valence electrons. The molecule has 0 spiro atoms. The third kappa shape index (κ3) is 4.43. The Hall–Kier alpha value is -1.10. The van der Waals surface area contributed by atoms with E-state index in [1.165, 1.54) is 6.42 Å². The Kier molecular flexibility index (Phi) is 5.62. The number of piperidine rings is 2. The summed E-state index contributed by atoms with van der Waals surface area (Å²) in [5.41, 5.74) is 0. The SMILES string of the molecule is CC1CCCC(C)N1C(=O)CN1CCCC(CC(=O)O)C1. The normalized spacial score (nSPS) is 31.1. The van der Waals surface area contributed by atoms with Crippen LogP contribution in [0.5, 0.6) is 0 Å². The van der Waals surface area contributed by atoms with Crippen LogP contribution in [0.4, 0.5) is 0 Å². The van der Waals surface area contributed by atoms with Crippen LogP contribution in [-0.2, 0) is 9.59 Å². The zero-order valence-electron chi connectivity index (χ0n) is 13.3. The molecule has 0 aromatic rings. The summed E-state index contributed by atoms with van der Waals surface area (Å²) in [6.07, 6.45) is 5.58. The number of likely N-dealkylation sites (tertiary alicyclic amines) is 2. The van der Waals surface area contributed by atoms with Crippen molar-refractivity contribution < 1.29 is 14.7 Å². The number of carbonyl (C=O) groups is 2. The van der Waals surface area contributed by atoms with E-state index in [4.69, 9.17) is 5.11 Å². The Labute approximate surface area is 127 Å². The van der Waals surface area contributed by atoms with E-state index >= 15 is 0 Å². The molecule has 2 heterocycles. The van der Waals surface area contributed by atoms with Crippen LogP contribution in [-0.4, -0.2) is 58.5 Å². The number of carboxylic acids is 1. The van der Waals surface area contributed by atoms with E-state index in [9.17, 15) is 9.59 Å². The molecule has 2 aliphatic rings. The average Bonchev–Trinajstić information content (AvgIpc) is 2.37. The van der Waals surface area contributed by atoms with Gasteiger partial charge in [-0.2, -0.15) is 0 Å². The lowest BCUT2D eigenvalue weighted by atomic mass is 9.94. The van der Waals surface area contributed by atoms with Crippen molar-refractivity contribution in [1.29, 1.82) is 0 Å². The second-order valence-electron chi connectivity index (χ2n) is 6.77. The number of amides is 1. The maximum Gasteiger partial charge on any atom is 0.303 e. The molecule has 5 heteroatoms. The van der Waals surface area contributed by atoms with Crippen molar-refractivity contribution in [3.63, 3.8) is 0 Å². The highest BCUT2D eigenvalue weighted by atomic mass is 16.4. The van der Waals surface area contributed by atoms with E-state index in [2.05, 4.69) is 18.7 Å². The van der Waals surface area contributed by atoms with E-state index in [1.54, 1.807) is 0 Å². The molecule has 2 rings (SSSR count). The van der Waals surface area contributed by atoms with Crippen molar-refractivity contribution >= 4 is 11.9 Å². The lowest BCUT2D eigenvalue weighted by Crippen LogP contribution is -2.52. The molecule has 5 nitrogen and oxygen atoms in total. The predicted molar refractivity (Wildman–Crippen MR) is 81.0 cm³/mol. The summed E-state index contributed by atoms with van der Waals surface area (Å²) < 4.78 is 0. The van der Waals surface area contributed by atoms with Gasteiger partial charge >= 0.3 is 5.97 Å². The van der Waals surface area contributed by atoms with Gasteiger partial charge in [-0.15, -0.1) is 0 Å². The molecule has 0 saturated carbocycles. The number of hydrogen-bond acceptors (Lipinski definition) is 3. The smallest absolute Gasteiger partial charge is 0.303 e. The fraction of sp³-hybridized carbons (Fsp3) is 0.875. The molecule has 0 aromatic heterocycles. The summed E-state index contributed by atoms with van der Waals surface area (Å²) in [7, 11) is 0. The van der Waals surface area contributed by atoms with E-state index in [0.29, 0.717) is 18.6 Å². The highest BCUT2D eigenvalue weighted by molar-refractivity contribution is 5.79. The maximum atomic E-state index is 12.6. The summed E-state index contributed by atoms with van der Waals surface area (Å²) in [6.45, 7) is 6.38. The van der Waals surface area contributed by atoms with Crippen molar-refractivity contribution in [1.82, 2.24) is 9.80 Å². The van der Waals surface area contributed by atoms with Crippen LogP contribution in [0.3, 0.4) is 0 Å². The minimum Gasteiger partial charge on any atom is -0.481 e. The van der Waals surface area contributed by atoms with Crippen LogP contribution < -0.4 is 0 Å². The van der Waals surface area contributed by atoms with Crippen molar-refractivity contribution in [3.8, 4) is 0 Å². The first kappa shape index (κ1) is 16.3. The van der Waals surface area contributed by atoms with Crippen LogP contribution in [0.15, 0.2) is 0 Å². The van der Waals surface area contributed by atoms with Crippen molar-refractivity contribution in [2.45, 2.75) is 64.5 Å². The summed E-state index contributed by atoms with van der Waals surface area (Å²) in [5, 5.41) is 8.91. The topological polar surface area (TPSA) is 60.9 Å². The molecule has 3 unspecified atom stereocenters. The van der Waals surface area contributed by atoms with Crippen molar-refractivity contribution in [2.75, 3.05) is 19.6 Å².